The van der Waals surface area contributed by atoms with E-state index in [2.05, 4.69) is 0 Å². The molecule has 0 radical (unpaired) electrons. The van der Waals surface area contributed by atoms with Gasteiger partial charge < -0.3 is 13.5 Å². The van der Waals surface area contributed by atoms with Gasteiger partial charge >= 0.3 is 37.7 Å². The minimum atomic E-state index is 0. The van der Waals surface area contributed by atoms with Crippen molar-refractivity contribution in [2.75, 3.05) is 0 Å². The van der Waals surface area contributed by atoms with Gasteiger partial charge in [-0.25, -0.2) is 0 Å². The van der Waals surface area contributed by atoms with Gasteiger partial charge in [0, 0.05) is 0 Å². The van der Waals surface area contributed by atoms with Crippen molar-refractivity contribution in [2.45, 2.75) is 0 Å². The van der Waals surface area contributed by atoms with Gasteiger partial charge in [-0.1, -0.05) is 0 Å². The second-order valence-electron chi connectivity index (χ2n) is 0. The minimum Gasteiger partial charge on any atom is -2.00 e. The van der Waals surface area contributed by atoms with E-state index < -0.39 is 0 Å². The molecule has 4 heavy (non-hydrogen) atoms. The molecule has 0 fully saturated rings. The smallest absolute Gasteiger partial charge is 1.00 e. The Morgan fingerprint density at radius 2 is 0.750 bits per heavy atom. The van der Waals surface area contributed by atoms with Crippen LogP contribution in [0.3, 0.4) is 0 Å². The first-order chi connectivity index (χ1) is 0. The van der Waals surface area contributed by atoms with Crippen LogP contribution in [0.25, 0.3) is 0 Å². The summed E-state index contributed by atoms with van der Waals surface area (Å²) in [6, 6.07) is 0. The van der Waals surface area contributed by atoms with Crippen molar-refractivity contribution < 1.29 is 37.7 Å². The molecule has 0 bridgehead atoms. The van der Waals surface area contributed by atoms with Gasteiger partial charge in [-0.05, 0) is 0 Å². The zero-order chi connectivity index (χ0) is 0. The summed E-state index contributed by atoms with van der Waals surface area (Å²) in [4.78, 5) is 0. The van der Waals surface area contributed by atoms with Gasteiger partial charge in [0.1, 0.15) is 0 Å². The van der Waals surface area contributed by atoms with Crippen LogP contribution in [0.2, 0.25) is 0 Å². The molecule has 0 aromatic carbocycles. The molecule has 0 saturated carbocycles. The maximum atomic E-state index is 0. The average molecular weight is 127 g/mol. The summed E-state index contributed by atoms with van der Waals surface area (Å²) in [7, 11) is 0. The fraction of sp³-hybridized carbons (Fsp3) is 0. The summed E-state index contributed by atoms with van der Waals surface area (Å²) in [6.07, 6.45) is 0. The molecule has 0 heterocycles. The maximum absolute atomic E-state index is 0. The van der Waals surface area contributed by atoms with E-state index in [9.17, 15) is 0 Å². The van der Waals surface area contributed by atoms with Crippen molar-refractivity contribution in [3.63, 3.8) is 0 Å². The number of rotatable bonds is 0. The first kappa shape index (κ1) is 37.1. The Hall–Kier alpha value is 2.02. The molecule has 0 rings (SSSR count). The monoisotopic (exact) mass is 126 g/mol. The van der Waals surface area contributed by atoms with Crippen LogP contribution in [-0.2, 0) is 13.5 Å². The fourth-order valence-electron chi connectivity index (χ4n) is 0. The van der Waals surface area contributed by atoms with Crippen LogP contribution in [0, 0.1) is 0 Å². The van der Waals surface area contributed by atoms with Gasteiger partial charge in [0.05, 0.1) is 0 Å². The Bertz CT molecular complexity index is 6.00. The molecule has 0 aromatic heterocycles. The number of halogens is 1. The normalized spacial score (nSPS) is 0. The zero-order valence-corrected chi connectivity index (χ0v) is 5.35. The molecule has 0 atom stereocenters. The molecule has 0 spiro atoms. The van der Waals surface area contributed by atoms with Gasteiger partial charge in [0.25, 0.3) is 0 Å². The van der Waals surface area contributed by atoms with Crippen molar-refractivity contribution >= 4 is 30.5 Å². The summed E-state index contributed by atoms with van der Waals surface area (Å²) in [5.41, 5.74) is 0. The Morgan fingerprint density at radius 1 is 0.750 bits per heavy atom. The molecule has 0 unspecified atom stereocenters. The SMILES string of the molecule is Br.[Li+].[Li+].[S-2]. The van der Waals surface area contributed by atoms with Crippen molar-refractivity contribution in [3.8, 4) is 0 Å². The third-order valence-corrected chi connectivity index (χ3v) is 0. The van der Waals surface area contributed by atoms with Crippen LogP contribution in [-0.4, -0.2) is 0 Å². The second-order valence-corrected chi connectivity index (χ2v) is 0. The van der Waals surface area contributed by atoms with Crippen molar-refractivity contribution in [3.05, 3.63) is 0 Å². The third kappa shape index (κ3) is 8.98. The van der Waals surface area contributed by atoms with Gasteiger partial charge in [0.2, 0.25) is 0 Å². The zero-order valence-electron chi connectivity index (χ0n) is 2.82. The van der Waals surface area contributed by atoms with E-state index in [0.29, 0.717) is 0 Å². The Balaban J connectivity index is 0. The molecule has 0 N–H and O–H groups in total. The van der Waals surface area contributed by atoms with Gasteiger partial charge in [0.15, 0.2) is 0 Å². The van der Waals surface area contributed by atoms with E-state index in [0.717, 1.165) is 0 Å². The fourth-order valence-corrected chi connectivity index (χ4v) is 0. The van der Waals surface area contributed by atoms with Crippen LogP contribution in [0.5, 0.6) is 0 Å². The van der Waals surface area contributed by atoms with E-state index >= 15 is 0 Å². The molecular formula is HBrLi2S. The first-order valence-corrected chi connectivity index (χ1v) is 0. The quantitative estimate of drug-likeness (QED) is 0.285. The Labute approximate surface area is 67.7 Å². The predicted octanol–water partition coefficient (Wildman–Crippen LogP) is -5.42. The predicted molar refractivity (Wildman–Crippen MR) is 17.7 cm³/mol. The van der Waals surface area contributed by atoms with Gasteiger partial charge in [-0.2, -0.15) is 0 Å². The standard InChI is InChI=1S/BrH.2Li.S/h1H;;;/q;2*+1;-2. The van der Waals surface area contributed by atoms with Crippen LogP contribution in [0.1, 0.15) is 0 Å². The molecule has 0 aromatic rings. The third-order valence-electron chi connectivity index (χ3n) is 0. The topological polar surface area (TPSA) is 0 Å². The minimum absolute atomic E-state index is 0. The average Bonchev–Trinajstić information content (AvgIpc) is 0. The van der Waals surface area contributed by atoms with Crippen molar-refractivity contribution in [1.82, 2.24) is 0 Å². The molecule has 0 saturated heterocycles. The van der Waals surface area contributed by atoms with Crippen LogP contribution >= 0.6 is 17.0 Å². The molecule has 0 aliphatic rings. The molecular weight excluding hydrogens is 126 g/mol. The van der Waals surface area contributed by atoms with Crippen LogP contribution < -0.4 is 37.7 Å². The van der Waals surface area contributed by atoms with E-state index in [4.69, 9.17) is 0 Å². The molecule has 0 aliphatic heterocycles. The van der Waals surface area contributed by atoms with Crippen molar-refractivity contribution in [2.24, 2.45) is 0 Å². The second kappa shape index (κ2) is 19.9. The molecule has 0 aliphatic carbocycles. The Kier molecular flexibility index (Phi) is 184. The van der Waals surface area contributed by atoms with E-state index in [1.165, 1.54) is 0 Å². The summed E-state index contributed by atoms with van der Waals surface area (Å²) in [5.74, 6) is 0. The maximum Gasteiger partial charge on any atom is 1.00 e. The van der Waals surface area contributed by atoms with E-state index in [1.807, 2.05) is 0 Å². The summed E-state index contributed by atoms with van der Waals surface area (Å²) >= 11 is 0. The van der Waals surface area contributed by atoms with Crippen LogP contribution in [0.15, 0.2) is 0 Å². The van der Waals surface area contributed by atoms with E-state index in [-0.39, 0.29) is 68.2 Å². The summed E-state index contributed by atoms with van der Waals surface area (Å²) in [6.45, 7) is 0. The van der Waals surface area contributed by atoms with Gasteiger partial charge in [-0.15, -0.1) is 17.0 Å². The Morgan fingerprint density at radius 3 is 0.750 bits per heavy atom. The summed E-state index contributed by atoms with van der Waals surface area (Å²) in [5, 5.41) is 0. The molecule has 0 nitrogen and oxygen atoms in total. The number of hydrogen-bond acceptors (Lipinski definition) is 0. The van der Waals surface area contributed by atoms with Crippen molar-refractivity contribution in [1.29, 1.82) is 0 Å². The summed E-state index contributed by atoms with van der Waals surface area (Å²) < 4.78 is 0. The first-order valence-electron chi connectivity index (χ1n) is 0. The van der Waals surface area contributed by atoms with E-state index in [1.54, 1.807) is 0 Å². The molecule has 16 valence electrons. The largest absolute Gasteiger partial charge is 2.00 e. The molecule has 4 heteroatoms. The van der Waals surface area contributed by atoms with Gasteiger partial charge in [-0.3, -0.25) is 0 Å². The van der Waals surface area contributed by atoms with Crippen LogP contribution in [0.4, 0.5) is 0 Å². The number of hydrogen-bond donors (Lipinski definition) is 0. The molecule has 0 amide bonds.